The van der Waals surface area contributed by atoms with Gasteiger partial charge < -0.3 is 40.1 Å². The zero-order valence-corrected chi connectivity index (χ0v) is 58.0. The minimum atomic E-state index is -4.70. The second kappa shape index (κ2) is 30.7. The molecule has 12 rings (SSSR count). The Hall–Kier alpha value is -10.6. The van der Waals surface area contributed by atoms with E-state index in [2.05, 4.69) is 62.4 Å². The lowest BCUT2D eigenvalue weighted by molar-refractivity contribution is -0.139. The van der Waals surface area contributed by atoms with Gasteiger partial charge in [-0.2, -0.15) is 26.3 Å². The fourth-order valence-corrected chi connectivity index (χ4v) is 12.8. The SMILES string of the molecule is C[C@@H](O)COc1ccc(-n2c(C(=O)NCc3ccccc3-c3ccncn3)c3n(c2=O)C[C@H](C)N(C(=O)c2ccc(Br)c(C(F)(F)F)c2)C3)cc1.C[C@@H]1Cn2c(c(C(=O)NCc3ccccc3-c3ccncn3)n(-c3ccc(OC[C@@H](C)O)cc3)c2=O)CN1C(=O)c1ccc(Br)c(C(F)(F)F)c1. The Balaban J connectivity index is 0.000000205. The molecule has 0 radical (unpaired) electrons. The molecule has 6 heterocycles. The number of carbonyl (C=O) groups excluding carboxylic acids is 4. The van der Waals surface area contributed by atoms with Gasteiger partial charge in [-0.05, 0) is 136 Å². The van der Waals surface area contributed by atoms with Gasteiger partial charge >= 0.3 is 23.7 Å². The van der Waals surface area contributed by atoms with E-state index in [1.54, 1.807) is 101 Å². The molecule has 2 aliphatic heterocycles. The van der Waals surface area contributed by atoms with Crippen molar-refractivity contribution in [3.05, 3.63) is 257 Å². The lowest BCUT2D eigenvalue weighted by Gasteiger charge is -2.34. The Morgan fingerprint density at radius 2 is 0.922 bits per heavy atom. The zero-order chi connectivity index (χ0) is 72.9. The van der Waals surface area contributed by atoms with E-state index in [0.29, 0.717) is 34.3 Å². The maximum atomic E-state index is 14.2. The van der Waals surface area contributed by atoms with Crippen LogP contribution in [-0.2, 0) is 51.6 Å². The minimum Gasteiger partial charge on any atom is -0.491 e. The van der Waals surface area contributed by atoms with Gasteiger partial charge in [-0.25, -0.2) is 29.5 Å². The molecule has 30 heteroatoms. The largest absolute Gasteiger partial charge is 0.491 e. The van der Waals surface area contributed by atoms with E-state index in [0.717, 1.165) is 34.4 Å². The Morgan fingerprint density at radius 1 is 0.549 bits per heavy atom. The summed E-state index contributed by atoms with van der Waals surface area (Å²) >= 11 is 5.83. The quantitative estimate of drug-likeness (QED) is 0.0583. The first-order chi connectivity index (χ1) is 48.7. The second-order valence-corrected chi connectivity index (χ2v) is 25.9. The van der Waals surface area contributed by atoms with Gasteiger partial charge in [-0.1, -0.05) is 80.4 Å². The molecule has 0 bridgehead atoms. The molecule has 2 aliphatic rings. The molecule has 10 aromatic rings. The van der Waals surface area contributed by atoms with Gasteiger partial charge in [0.1, 0.15) is 48.8 Å². The van der Waals surface area contributed by atoms with Crippen molar-refractivity contribution < 1.29 is 65.2 Å². The van der Waals surface area contributed by atoms with Gasteiger partial charge in [0.2, 0.25) is 0 Å². The molecule has 0 aliphatic carbocycles. The van der Waals surface area contributed by atoms with Crippen molar-refractivity contribution in [2.24, 2.45) is 0 Å². The van der Waals surface area contributed by atoms with Crippen LogP contribution >= 0.6 is 31.9 Å². The highest BCUT2D eigenvalue weighted by atomic mass is 79.9. The number of imidazole rings is 2. The van der Waals surface area contributed by atoms with Gasteiger partial charge in [0.15, 0.2) is 0 Å². The zero-order valence-electron chi connectivity index (χ0n) is 54.8. The number of fused-ring (bicyclic) bond motifs is 2. The Labute approximate surface area is 595 Å². The normalized spacial score (nSPS) is 14.9. The van der Waals surface area contributed by atoms with Gasteiger partial charge in [-0.15, -0.1) is 0 Å². The van der Waals surface area contributed by atoms with Crippen LogP contribution in [0.3, 0.4) is 0 Å². The van der Waals surface area contributed by atoms with Crippen LogP contribution in [0.5, 0.6) is 11.5 Å². The number of aromatic nitrogens is 8. The number of ether oxygens (including phenoxy) is 2. The smallest absolute Gasteiger partial charge is 0.417 e. The molecular formula is C72H64Br2F6N12O10. The average Bonchev–Trinajstić information content (AvgIpc) is 1.60. The molecule has 0 saturated heterocycles. The van der Waals surface area contributed by atoms with Crippen LogP contribution in [0.1, 0.15) is 103 Å². The predicted octanol–water partition coefficient (Wildman–Crippen LogP) is 11.2. The predicted molar refractivity (Wildman–Crippen MR) is 369 cm³/mol. The Morgan fingerprint density at radius 3 is 1.26 bits per heavy atom. The molecule has 0 fully saturated rings. The Kier molecular flexibility index (Phi) is 21.9. The summed E-state index contributed by atoms with van der Waals surface area (Å²) in [6, 6.07) is 36.3. The van der Waals surface area contributed by atoms with E-state index < -0.39 is 82.8 Å². The number of aliphatic hydroxyl groups is 2. The lowest BCUT2D eigenvalue weighted by atomic mass is 10.0. The summed E-state index contributed by atoms with van der Waals surface area (Å²) in [5, 5.41) is 25.0. The van der Waals surface area contributed by atoms with Crippen molar-refractivity contribution in [2.75, 3.05) is 13.2 Å². The summed E-state index contributed by atoms with van der Waals surface area (Å²) in [6.07, 6.45) is -4.75. The van der Waals surface area contributed by atoms with Gasteiger partial charge in [0.05, 0.1) is 70.6 Å². The van der Waals surface area contributed by atoms with Crippen LogP contribution in [0.15, 0.2) is 189 Å². The second-order valence-electron chi connectivity index (χ2n) is 24.2. The molecule has 528 valence electrons. The maximum absolute atomic E-state index is 14.2. The number of benzene rings is 6. The molecule has 6 aromatic carbocycles. The maximum Gasteiger partial charge on any atom is 0.417 e. The van der Waals surface area contributed by atoms with E-state index in [9.17, 15) is 65.3 Å². The third-order valence-corrected chi connectivity index (χ3v) is 18.3. The monoisotopic (exact) mass is 1530 g/mol. The van der Waals surface area contributed by atoms with Crippen molar-refractivity contribution >= 4 is 55.5 Å². The summed E-state index contributed by atoms with van der Waals surface area (Å²) in [5.74, 6) is -1.73. The van der Waals surface area contributed by atoms with Gasteiger partial charge in [-0.3, -0.25) is 37.4 Å². The number of aliphatic hydroxyl groups excluding tert-OH is 2. The summed E-state index contributed by atoms with van der Waals surface area (Å²) in [5.41, 5.74) is 1.93. The number of hydrogen-bond acceptors (Lipinski definition) is 14. The van der Waals surface area contributed by atoms with Crippen molar-refractivity contribution in [2.45, 2.75) is 104 Å². The number of hydrogen-bond donors (Lipinski definition) is 4. The molecule has 0 saturated carbocycles. The number of nitrogens with zero attached hydrogens (tertiary/aromatic N) is 10. The third-order valence-electron chi connectivity index (χ3n) is 16.9. The number of carbonyl (C=O) groups is 4. The lowest BCUT2D eigenvalue weighted by Crippen LogP contribution is -2.47. The third kappa shape index (κ3) is 15.9. The average molecular weight is 1530 g/mol. The molecule has 22 nitrogen and oxygen atoms in total. The first-order valence-electron chi connectivity index (χ1n) is 31.8. The van der Waals surface area contributed by atoms with Crippen molar-refractivity contribution in [1.82, 2.24) is 58.6 Å². The Bertz CT molecular complexity index is 4570. The molecular weight excluding hydrogens is 1470 g/mol. The highest BCUT2D eigenvalue weighted by Gasteiger charge is 2.40. The van der Waals surface area contributed by atoms with Crippen LogP contribution in [0.25, 0.3) is 33.9 Å². The van der Waals surface area contributed by atoms with Crippen molar-refractivity contribution in [3.63, 3.8) is 0 Å². The highest BCUT2D eigenvalue weighted by Crippen LogP contribution is 2.38. The molecule has 0 unspecified atom stereocenters. The molecule has 4 atom stereocenters. The summed E-state index contributed by atoms with van der Waals surface area (Å²) in [6.45, 7) is 6.27. The first-order valence-corrected chi connectivity index (χ1v) is 33.4. The summed E-state index contributed by atoms with van der Waals surface area (Å²) in [7, 11) is 0. The molecule has 102 heavy (non-hydrogen) atoms. The van der Waals surface area contributed by atoms with Crippen LogP contribution in [0.2, 0.25) is 0 Å². The number of nitrogens with one attached hydrogen (secondary N) is 2. The molecule has 0 spiro atoms. The fourth-order valence-electron chi connectivity index (χ4n) is 11.9. The van der Waals surface area contributed by atoms with E-state index in [1.165, 1.54) is 65.0 Å². The number of rotatable bonds is 18. The van der Waals surface area contributed by atoms with E-state index >= 15 is 0 Å². The number of amides is 4. The van der Waals surface area contributed by atoms with Gasteiger partial charge in [0.25, 0.3) is 23.6 Å². The first kappa shape index (κ1) is 72.7. The van der Waals surface area contributed by atoms with Crippen LogP contribution in [-0.4, -0.2) is 119 Å². The van der Waals surface area contributed by atoms with Crippen molar-refractivity contribution in [1.29, 1.82) is 0 Å². The minimum absolute atomic E-state index is 0.0119. The van der Waals surface area contributed by atoms with E-state index in [1.807, 2.05) is 48.5 Å². The topological polar surface area (TPSA) is 263 Å². The standard InChI is InChI=1S/2C36H32BrF3N6O5/c2*1-21-17-45-31(18-44(21)34(49)23-7-12-29(37)28(15-23)36(38,39)40)32(46(35(45)50)25-8-10-26(11-9-25)51-19-22(2)47)33(48)42-16-24-5-3-4-6-27(24)30-13-14-41-20-43-30/h2*3-15,20-22,47H,16-19H2,1-2H3,(H,42,48)/t21-,22+;21-,22-/m01/s1. The summed E-state index contributed by atoms with van der Waals surface area (Å²) < 4.78 is 98.3. The molecule has 4 amide bonds. The number of alkyl halides is 6. The highest BCUT2D eigenvalue weighted by molar-refractivity contribution is 9.10. The fraction of sp³-hybridized carbons (Fsp3) is 0.250. The molecule has 4 N–H and O–H groups in total. The summed E-state index contributed by atoms with van der Waals surface area (Å²) in [4.78, 5) is 103. The number of halogens is 8. The van der Waals surface area contributed by atoms with Crippen LogP contribution in [0, 0.1) is 0 Å². The van der Waals surface area contributed by atoms with E-state index in [4.69, 9.17) is 9.47 Å². The van der Waals surface area contributed by atoms with Crippen LogP contribution in [0.4, 0.5) is 26.3 Å². The molecule has 4 aromatic heterocycles. The van der Waals surface area contributed by atoms with Crippen LogP contribution < -0.4 is 31.5 Å². The van der Waals surface area contributed by atoms with Crippen molar-refractivity contribution in [3.8, 4) is 45.4 Å². The van der Waals surface area contributed by atoms with E-state index in [-0.39, 0.29) is 95.3 Å². The van der Waals surface area contributed by atoms with Gasteiger partial charge in [0, 0.05) is 81.9 Å².